The quantitative estimate of drug-likeness (QED) is 0.405. The number of nitrogens with one attached hydrogen (secondary N) is 1. The number of aryl methyl sites for hydroxylation is 1. The van der Waals surface area contributed by atoms with Gasteiger partial charge >= 0.3 is 5.97 Å². The molecule has 0 saturated carbocycles. The van der Waals surface area contributed by atoms with Crippen molar-refractivity contribution in [2.45, 2.75) is 64.8 Å². The van der Waals surface area contributed by atoms with Crippen LogP contribution >= 0.6 is 23.1 Å². The molecule has 0 fully saturated rings. The van der Waals surface area contributed by atoms with Crippen molar-refractivity contribution in [3.63, 3.8) is 0 Å². The van der Waals surface area contributed by atoms with Crippen molar-refractivity contribution in [2.75, 3.05) is 11.1 Å². The second kappa shape index (κ2) is 8.48. The van der Waals surface area contributed by atoms with Crippen LogP contribution < -0.4 is 5.32 Å². The van der Waals surface area contributed by atoms with Gasteiger partial charge in [0.1, 0.15) is 6.04 Å². The third-order valence-corrected chi connectivity index (χ3v) is 6.27. The predicted molar refractivity (Wildman–Crippen MR) is 110 cm³/mol. The highest BCUT2D eigenvalue weighted by Crippen LogP contribution is 2.40. The molecule has 0 saturated heterocycles. The lowest BCUT2D eigenvalue weighted by Gasteiger charge is -2.28. The van der Waals surface area contributed by atoms with E-state index in [2.05, 4.69) is 30.2 Å². The molecule has 27 heavy (non-hydrogen) atoms. The lowest BCUT2D eigenvalue weighted by Crippen LogP contribution is -2.30. The number of anilines is 1. The number of thioether (sulfide) groups is 1. The molecule has 8 heteroatoms. The molecule has 0 spiro atoms. The molecule has 1 atom stereocenters. The minimum Gasteiger partial charge on any atom is -0.459 e. The van der Waals surface area contributed by atoms with Gasteiger partial charge in [-0.3, -0.25) is 0 Å². The van der Waals surface area contributed by atoms with E-state index in [1.165, 1.54) is 0 Å². The van der Waals surface area contributed by atoms with Crippen LogP contribution in [0.4, 0.5) is 5.95 Å². The van der Waals surface area contributed by atoms with Gasteiger partial charge < -0.3 is 10.1 Å². The highest BCUT2D eigenvalue weighted by Gasteiger charge is 2.36. The summed E-state index contributed by atoms with van der Waals surface area (Å²) in [4.78, 5) is 18.6. The lowest BCUT2D eigenvalue weighted by atomic mass is 10.00. The molecule has 1 N–H and O–H groups in total. The van der Waals surface area contributed by atoms with E-state index in [0.29, 0.717) is 11.5 Å². The largest absolute Gasteiger partial charge is 0.459 e. The van der Waals surface area contributed by atoms with Crippen molar-refractivity contribution in [2.24, 2.45) is 0 Å². The van der Waals surface area contributed by atoms with E-state index in [1.807, 2.05) is 30.8 Å². The zero-order valence-corrected chi connectivity index (χ0v) is 18.0. The first-order valence-corrected chi connectivity index (χ1v) is 11.1. The van der Waals surface area contributed by atoms with Crippen molar-refractivity contribution in [1.29, 1.82) is 0 Å². The molecular formula is C19H26N4O2S2. The van der Waals surface area contributed by atoms with Crippen LogP contribution in [0.25, 0.3) is 0 Å². The summed E-state index contributed by atoms with van der Waals surface area (Å²) < 4.78 is 7.36. The molecule has 1 unspecified atom stereocenters. The molecule has 0 radical (unpaired) electrons. The molecule has 0 aromatic carbocycles. The van der Waals surface area contributed by atoms with Gasteiger partial charge in [-0.15, -0.1) is 16.4 Å². The summed E-state index contributed by atoms with van der Waals surface area (Å²) in [5.41, 5.74) is 2.50. The molecule has 3 heterocycles. The van der Waals surface area contributed by atoms with Crippen LogP contribution in [-0.4, -0.2) is 32.6 Å². The molecule has 2 aromatic rings. The van der Waals surface area contributed by atoms with Crippen molar-refractivity contribution >= 4 is 35.0 Å². The number of carbonyl (C=O) groups is 1. The van der Waals surface area contributed by atoms with E-state index in [4.69, 9.17) is 9.84 Å². The van der Waals surface area contributed by atoms with Crippen LogP contribution in [-0.2, 0) is 9.53 Å². The Labute approximate surface area is 168 Å². The summed E-state index contributed by atoms with van der Waals surface area (Å²) >= 11 is 3.28. The Kier molecular flexibility index (Phi) is 6.26. The van der Waals surface area contributed by atoms with Gasteiger partial charge in [0.2, 0.25) is 11.1 Å². The number of allylic oxidation sites excluding steroid dienone is 1. The monoisotopic (exact) mass is 406 g/mol. The lowest BCUT2D eigenvalue weighted by molar-refractivity contribution is -0.143. The fourth-order valence-electron chi connectivity index (χ4n) is 2.95. The summed E-state index contributed by atoms with van der Waals surface area (Å²) in [6.07, 6.45) is 2.08. The zero-order valence-electron chi connectivity index (χ0n) is 16.4. The first kappa shape index (κ1) is 19.9. The van der Waals surface area contributed by atoms with Gasteiger partial charge in [0.15, 0.2) is 0 Å². The van der Waals surface area contributed by atoms with E-state index in [9.17, 15) is 4.79 Å². The molecular weight excluding hydrogens is 380 g/mol. The first-order valence-electron chi connectivity index (χ1n) is 9.24. The van der Waals surface area contributed by atoms with Gasteiger partial charge in [0.25, 0.3) is 0 Å². The minimum absolute atomic E-state index is 0.180. The summed E-state index contributed by atoms with van der Waals surface area (Å²) in [7, 11) is 0. The SMILES string of the molecule is CCCCSc1nc2n(n1)C(c1sccc1C)C(C(=O)OC(C)C)=C(C)N2. The zero-order chi connectivity index (χ0) is 19.6. The summed E-state index contributed by atoms with van der Waals surface area (Å²) in [5.74, 6) is 1.34. The van der Waals surface area contributed by atoms with E-state index in [0.717, 1.165) is 39.9 Å². The highest BCUT2D eigenvalue weighted by molar-refractivity contribution is 7.99. The van der Waals surface area contributed by atoms with Crippen LogP contribution in [0, 0.1) is 6.92 Å². The number of unbranched alkanes of at least 4 members (excludes halogenated alkanes) is 1. The Morgan fingerprint density at radius 2 is 2.22 bits per heavy atom. The second-order valence-electron chi connectivity index (χ2n) is 6.85. The fourth-order valence-corrected chi connectivity index (χ4v) is 4.88. The Hall–Kier alpha value is -1.80. The predicted octanol–water partition coefficient (Wildman–Crippen LogP) is 4.78. The molecule has 0 aliphatic carbocycles. The van der Waals surface area contributed by atoms with Crippen molar-refractivity contribution in [3.05, 3.63) is 33.2 Å². The number of rotatable bonds is 7. The van der Waals surface area contributed by atoms with Crippen molar-refractivity contribution in [1.82, 2.24) is 14.8 Å². The standard InChI is InChI=1S/C19H26N4O2S2/c1-6-7-9-27-19-21-18-20-13(5)14(17(24)25-11(2)3)15(23(18)22-19)16-12(4)8-10-26-16/h8,10-11,15H,6-7,9H2,1-5H3,(H,20,21,22). The second-order valence-corrected chi connectivity index (χ2v) is 8.86. The fraction of sp³-hybridized carbons (Fsp3) is 0.526. The van der Waals surface area contributed by atoms with Gasteiger partial charge in [-0.05, 0) is 51.1 Å². The first-order chi connectivity index (χ1) is 12.9. The molecule has 146 valence electrons. The Morgan fingerprint density at radius 3 is 2.85 bits per heavy atom. The number of nitrogens with zero attached hydrogens (tertiary/aromatic N) is 3. The topological polar surface area (TPSA) is 69.0 Å². The van der Waals surface area contributed by atoms with Crippen molar-refractivity contribution < 1.29 is 9.53 Å². The number of hydrogen-bond acceptors (Lipinski definition) is 7. The summed E-state index contributed by atoms with van der Waals surface area (Å²) in [6, 6.07) is 1.75. The number of fused-ring (bicyclic) bond motifs is 1. The van der Waals surface area contributed by atoms with Gasteiger partial charge in [-0.25, -0.2) is 9.48 Å². The average Bonchev–Trinajstić information content (AvgIpc) is 3.18. The average molecular weight is 407 g/mol. The minimum atomic E-state index is -0.319. The molecule has 1 aliphatic heterocycles. The number of aromatic nitrogens is 3. The maximum atomic E-state index is 12.9. The summed E-state index contributed by atoms with van der Waals surface area (Å²) in [6.45, 7) is 9.85. The Bertz CT molecular complexity index is 854. The Balaban J connectivity index is 2.02. The van der Waals surface area contributed by atoms with Gasteiger partial charge in [-0.1, -0.05) is 25.1 Å². The highest BCUT2D eigenvalue weighted by atomic mass is 32.2. The Morgan fingerprint density at radius 1 is 1.44 bits per heavy atom. The number of thiophene rings is 1. The smallest absolute Gasteiger partial charge is 0.338 e. The van der Waals surface area contributed by atoms with Gasteiger partial charge in [0, 0.05) is 16.3 Å². The van der Waals surface area contributed by atoms with E-state index in [1.54, 1.807) is 23.1 Å². The maximum absolute atomic E-state index is 12.9. The number of ether oxygens (including phenoxy) is 1. The third kappa shape index (κ3) is 4.21. The number of esters is 1. The van der Waals surface area contributed by atoms with Crippen LogP contribution in [0.2, 0.25) is 0 Å². The van der Waals surface area contributed by atoms with Gasteiger partial charge in [0.05, 0.1) is 11.7 Å². The molecule has 1 aliphatic rings. The number of hydrogen-bond donors (Lipinski definition) is 1. The van der Waals surface area contributed by atoms with Gasteiger partial charge in [-0.2, -0.15) is 4.98 Å². The van der Waals surface area contributed by atoms with E-state index in [-0.39, 0.29) is 18.1 Å². The van der Waals surface area contributed by atoms with Crippen LogP contribution in [0.15, 0.2) is 27.9 Å². The molecule has 0 amide bonds. The number of carbonyl (C=O) groups excluding carboxylic acids is 1. The molecule has 3 rings (SSSR count). The van der Waals surface area contributed by atoms with E-state index < -0.39 is 0 Å². The van der Waals surface area contributed by atoms with Crippen LogP contribution in [0.5, 0.6) is 0 Å². The third-order valence-electron chi connectivity index (χ3n) is 4.27. The van der Waals surface area contributed by atoms with E-state index >= 15 is 0 Å². The summed E-state index contributed by atoms with van der Waals surface area (Å²) in [5, 5.41) is 10.7. The maximum Gasteiger partial charge on any atom is 0.338 e. The molecule has 2 aromatic heterocycles. The van der Waals surface area contributed by atoms with Crippen LogP contribution in [0.1, 0.15) is 57.0 Å². The molecule has 6 nitrogen and oxygen atoms in total. The molecule has 0 bridgehead atoms. The van der Waals surface area contributed by atoms with Crippen molar-refractivity contribution in [3.8, 4) is 0 Å². The van der Waals surface area contributed by atoms with Crippen LogP contribution in [0.3, 0.4) is 0 Å². The normalized spacial score (nSPS) is 16.4.